The molecule has 2 N–H and O–H groups in total. The van der Waals surface area contributed by atoms with Crippen molar-refractivity contribution in [2.24, 2.45) is 0 Å². The number of rotatable bonds is 16. The first-order valence-electron chi connectivity index (χ1n) is 29.8. The number of likely N-dealkylation sites (N-methyl/N-ethyl adjacent to an activating group) is 2. The lowest BCUT2D eigenvalue weighted by Gasteiger charge is -2.33. The number of hydrogen-bond acceptors (Lipinski definition) is 3. The lowest BCUT2D eigenvalue weighted by molar-refractivity contribution is -0.661. The molecule has 408 valence electrons. The van der Waals surface area contributed by atoms with Gasteiger partial charge in [-0.25, -0.2) is 19.1 Å². The summed E-state index contributed by atoms with van der Waals surface area (Å²) in [7, 11) is 0. The average molecular weight is 1100 g/mol. The number of aromatic nitrogens is 4. The Bertz CT molecular complexity index is 4270. The van der Waals surface area contributed by atoms with Gasteiger partial charge in [-0.2, -0.15) is 0 Å². The van der Waals surface area contributed by atoms with Crippen LogP contribution in [0.5, 0.6) is 0 Å². The molecule has 0 fully saturated rings. The number of allylic oxidation sites excluding steroid dienone is 6. The van der Waals surface area contributed by atoms with E-state index in [0.29, 0.717) is 0 Å². The van der Waals surface area contributed by atoms with Crippen molar-refractivity contribution in [1.29, 1.82) is 0 Å². The Labute approximate surface area is 491 Å². The molecule has 2 aromatic heterocycles. The third kappa shape index (κ3) is 8.78. The number of aromatic amines is 2. The van der Waals surface area contributed by atoms with E-state index in [-0.39, 0.29) is 10.8 Å². The van der Waals surface area contributed by atoms with Crippen LogP contribution in [0, 0.1) is 0 Å². The number of thioether (sulfide) groups is 1. The minimum Gasteiger partial charge on any atom is -0.344 e. The van der Waals surface area contributed by atoms with Gasteiger partial charge in [0, 0.05) is 69.6 Å². The molecule has 6 nitrogen and oxygen atoms in total. The summed E-state index contributed by atoms with van der Waals surface area (Å²) in [6.45, 7) is 11.1. The lowest BCUT2D eigenvalue weighted by Crippen LogP contribution is -2.38. The first-order chi connectivity index (χ1) is 40.9. The van der Waals surface area contributed by atoms with Gasteiger partial charge in [0.15, 0.2) is 22.1 Å². The molecule has 2 aliphatic rings. The van der Waals surface area contributed by atoms with E-state index in [2.05, 4.69) is 299 Å². The highest BCUT2D eigenvalue weighted by Crippen LogP contribution is 2.56. The average Bonchev–Trinajstić information content (AvgIpc) is 4.45. The van der Waals surface area contributed by atoms with Crippen molar-refractivity contribution in [3.63, 3.8) is 0 Å². The molecule has 83 heavy (non-hydrogen) atoms. The highest BCUT2D eigenvalue weighted by atomic mass is 32.2. The van der Waals surface area contributed by atoms with Crippen LogP contribution in [0.1, 0.15) is 74.4 Å². The fraction of sp³-hybridized carbons (Fsp3) is 0.184. The van der Waals surface area contributed by atoms with Gasteiger partial charge < -0.3 is 9.80 Å². The maximum absolute atomic E-state index is 3.97. The highest BCUT2D eigenvalue weighted by Gasteiger charge is 2.48. The van der Waals surface area contributed by atoms with Crippen molar-refractivity contribution in [2.75, 3.05) is 22.9 Å². The van der Waals surface area contributed by atoms with Gasteiger partial charge in [-0.3, -0.25) is 0 Å². The molecule has 0 saturated heterocycles. The second kappa shape index (κ2) is 21.8. The third-order valence-corrected chi connectivity index (χ3v) is 19.3. The molecule has 7 heteroatoms. The Morgan fingerprint density at radius 2 is 0.771 bits per heavy atom. The minimum absolute atomic E-state index is 0.224. The number of imidazole rings is 2. The van der Waals surface area contributed by atoms with Crippen LogP contribution in [0.2, 0.25) is 0 Å². The summed E-state index contributed by atoms with van der Waals surface area (Å²) in [5.41, 5.74) is 15.2. The molecule has 0 radical (unpaired) electrons. The maximum atomic E-state index is 3.97. The van der Waals surface area contributed by atoms with E-state index < -0.39 is 0 Å². The number of fused-ring (bicyclic) bond motifs is 12. The topological polar surface area (TPSA) is 45.8 Å². The third-order valence-electron chi connectivity index (χ3n) is 18.4. The van der Waals surface area contributed by atoms with Crippen LogP contribution >= 0.6 is 11.8 Å². The lowest BCUT2D eigenvalue weighted by atomic mass is 9.71. The number of nitrogens with zero attached hydrogens (tertiary/aromatic N) is 4. The zero-order valence-corrected chi connectivity index (χ0v) is 48.8. The standard InChI is InChI=1S/C76H68N6S/c1-5-75(49-53-25-11-9-12-26-53)67(79(7-3)63-45-41-55-29-15-19-33-59(55)71(63)75)37-23-39-69-77-73-61-35-21-17-31-57(61)43-47-65(73)81(69)51-83-52-82-66-48-44-58-32-18-22-36-62(58)74(66)78-70(82)40-24-38-68-76(6-2,50-54-27-13-10-14-28-54)72-60-34-20-16-30-56(60)42-46-64(72)80(68)8-4/h9-48H,5-8,49-52H2,1-4H3/p+2/b39-23+,40-24+,67-37+,68-38+. The molecule has 0 spiro atoms. The van der Waals surface area contributed by atoms with E-state index >= 15 is 0 Å². The summed E-state index contributed by atoms with van der Waals surface area (Å²) in [6.07, 6.45) is 17.9. The van der Waals surface area contributed by atoms with Crippen molar-refractivity contribution in [3.05, 3.63) is 276 Å². The van der Waals surface area contributed by atoms with Crippen molar-refractivity contribution >= 4 is 100 Å². The van der Waals surface area contributed by atoms with E-state index in [0.717, 1.165) is 73.2 Å². The smallest absolute Gasteiger partial charge is 0.280 e. The molecule has 0 aliphatic carbocycles. The van der Waals surface area contributed by atoms with E-state index in [1.165, 1.54) is 99.1 Å². The summed E-state index contributed by atoms with van der Waals surface area (Å²) >= 11 is 1.93. The van der Waals surface area contributed by atoms with Gasteiger partial charge in [0.1, 0.15) is 11.8 Å². The summed E-state index contributed by atoms with van der Waals surface area (Å²) in [5, 5.41) is 10.2. The van der Waals surface area contributed by atoms with Gasteiger partial charge in [0.05, 0.1) is 0 Å². The van der Waals surface area contributed by atoms with Crippen molar-refractivity contribution in [3.8, 4) is 0 Å². The Kier molecular flexibility index (Phi) is 13.7. The van der Waals surface area contributed by atoms with Crippen LogP contribution in [-0.4, -0.2) is 23.1 Å². The van der Waals surface area contributed by atoms with Crippen molar-refractivity contribution in [2.45, 2.75) is 76.0 Å². The maximum Gasteiger partial charge on any atom is 0.280 e. The summed E-state index contributed by atoms with van der Waals surface area (Å²) < 4.78 is 4.96. The SMILES string of the molecule is CCN1/C(=C/C=C/c2[nH]c3c4ccccc4ccc3[n+]2CSC[n+]2c(/C=C/C=C3/N(CC)c4ccc5ccccc5c4C3(CC)Cc3ccccc3)[nH]c3c4ccccc4ccc32)C(CC)(Cc2ccccc2)c2c1ccc1ccccc21. The number of benzene rings is 10. The molecule has 14 rings (SSSR count). The summed E-state index contributed by atoms with van der Waals surface area (Å²) in [4.78, 5) is 13.1. The van der Waals surface area contributed by atoms with Gasteiger partial charge in [-0.15, -0.1) is 0 Å². The van der Waals surface area contributed by atoms with Crippen molar-refractivity contribution < 1.29 is 9.13 Å². The van der Waals surface area contributed by atoms with Gasteiger partial charge >= 0.3 is 0 Å². The molecule has 0 amide bonds. The molecule has 4 heterocycles. The molecule has 10 aromatic carbocycles. The molecule has 2 unspecified atom stereocenters. The summed E-state index contributed by atoms with van der Waals surface area (Å²) in [6, 6.07) is 76.1. The number of H-pyrrole nitrogens is 2. The number of hydrogen-bond donors (Lipinski definition) is 2. The van der Waals surface area contributed by atoms with E-state index in [1.54, 1.807) is 0 Å². The molecular formula is C76H70N6S+2. The number of nitrogens with one attached hydrogen (secondary N) is 2. The van der Waals surface area contributed by atoms with Crippen LogP contribution in [0.15, 0.2) is 242 Å². The van der Waals surface area contributed by atoms with Gasteiger partial charge in [-0.05, 0) is 155 Å². The predicted molar refractivity (Wildman–Crippen MR) is 352 cm³/mol. The first-order valence-corrected chi connectivity index (χ1v) is 31.0. The van der Waals surface area contributed by atoms with Crippen LogP contribution < -0.4 is 18.9 Å². The second-order valence-corrected chi connectivity index (χ2v) is 23.5. The van der Waals surface area contributed by atoms with Crippen LogP contribution in [0.25, 0.3) is 77.3 Å². The quantitative estimate of drug-likeness (QED) is 0.0948. The Balaban J connectivity index is 0.848. The van der Waals surface area contributed by atoms with E-state index in [4.69, 9.17) is 0 Å². The normalized spacial score (nSPS) is 18.1. The first kappa shape index (κ1) is 52.2. The Morgan fingerprint density at radius 1 is 0.410 bits per heavy atom. The Morgan fingerprint density at radius 3 is 1.17 bits per heavy atom. The van der Waals surface area contributed by atoms with Crippen LogP contribution in [0.4, 0.5) is 11.4 Å². The van der Waals surface area contributed by atoms with Crippen molar-refractivity contribution in [1.82, 2.24) is 9.97 Å². The molecule has 0 bridgehead atoms. The zero-order chi connectivity index (χ0) is 56.1. The van der Waals surface area contributed by atoms with Crippen LogP contribution in [-0.2, 0) is 35.4 Å². The van der Waals surface area contributed by atoms with Gasteiger partial charge in [0.25, 0.3) is 11.6 Å². The predicted octanol–water partition coefficient (Wildman–Crippen LogP) is 17.8. The Hall–Kier alpha value is -8.91. The van der Waals surface area contributed by atoms with E-state index in [9.17, 15) is 0 Å². The fourth-order valence-corrected chi connectivity index (χ4v) is 15.5. The largest absolute Gasteiger partial charge is 0.344 e. The van der Waals surface area contributed by atoms with E-state index in [1.807, 2.05) is 11.8 Å². The molecular weight excluding hydrogens is 1030 g/mol. The second-order valence-electron chi connectivity index (χ2n) is 22.6. The molecule has 0 saturated carbocycles. The monoisotopic (exact) mass is 1100 g/mol. The van der Waals surface area contributed by atoms with Crippen LogP contribution in [0.3, 0.4) is 0 Å². The number of anilines is 2. The minimum atomic E-state index is -0.224. The summed E-state index contributed by atoms with van der Waals surface area (Å²) in [5.74, 6) is 3.60. The molecule has 2 aliphatic heterocycles. The van der Waals surface area contributed by atoms with Gasteiger partial charge in [0.2, 0.25) is 0 Å². The molecule has 2 atom stereocenters. The zero-order valence-electron chi connectivity index (χ0n) is 47.9. The fourth-order valence-electron chi connectivity index (χ4n) is 14.5. The molecule has 12 aromatic rings. The van der Waals surface area contributed by atoms with Gasteiger partial charge in [-0.1, -0.05) is 195 Å². The highest BCUT2D eigenvalue weighted by molar-refractivity contribution is 7.97.